The Morgan fingerprint density at radius 2 is 1.64 bits per heavy atom. The van der Waals surface area contributed by atoms with E-state index in [4.69, 9.17) is 16.3 Å². The lowest BCUT2D eigenvalue weighted by atomic mass is 10.0. The zero-order valence-corrected chi connectivity index (χ0v) is 22.4. The van der Waals surface area contributed by atoms with E-state index in [0.29, 0.717) is 23.7 Å². The highest BCUT2D eigenvalue weighted by molar-refractivity contribution is 6.31. The van der Waals surface area contributed by atoms with Gasteiger partial charge in [-0.3, -0.25) is 9.59 Å². The minimum atomic E-state index is -0.713. The molecular weight excluding hydrogens is 472 g/mol. The van der Waals surface area contributed by atoms with Crippen LogP contribution in [0.1, 0.15) is 43.0 Å². The lowest BCUT2D eigenvalue weighted by Crippen LogP contribution is -2.55. The van der Waals surface area contributed by atoms with Crippen LogP contribution in [0, 0.1) is 13.8 Å². The van der Waals surface area contributed by atoms with Crippen molar-refractivity contribution in [2.75, 3.05) is 6.61 Å². The minimum Gasteiger partial charge on any atom is -0.484 e. The summed E-state index contributed by atoms with van der Waals surface area (Å²) in [6, 6.07) is 22.3. The van der Waals surface area contributed by atoms with Gasteiger partial charge in [-0.25, -0.2) is 0 Å². The Bertz CT molecular complexity index is 1190. The van der Waals surface area contributed by atoms with Crippen molar-refractivity contribution in [3.63, 3.8) is 0 Å². The van der Waals surface area contributed by atoms with Crippen LogP contribution in [0.2, 0.25) is 5.02 Å². The number of benzene rings is 3. The quantitative estimate of drug-likeness (QED) is 0.393. The molecule has 0 aliphatic rings. The third kappa shape index (κ3) is 8.13. The fourth-order valence-corrected chi connectivity index (χ4v) is 4.07. The van der Waals surface area contributed by atoms with E-state index in [2.05, 4.69) is 5.32 Å². The summed E-state index contributed by atoms with van der Waals surface area (Å²) in [5, 5.41) is 3.71. The smallest absolute Gasteiger partial charge is 0.261 e. The third-order valence-corrected chi connectivity index (χ3v) is 6.12. The largest absolute Gasteiger partial charge is 0.484 e. The number of nitrogens with one attached hydrogen (secondary N) is 1. The number of amides is 2. The van der Waals surface area contributed by atoms with Gasteiger partial charge in [0, 0.05) is 23.5 Å². The molecule has 3 aromatic carbocycles. The number of halogens is 1. The SMILES string of the molecule is Cc1cccc(CN(C(=O)COc2ccc(Cl)c(C)c2)[C@@H](Cc2ccccc2)C(=O)NC(C)(C)C)c1. The predicted octanol–water partition coefficient (Wildman–Crippen LogP) is 5.89. The first-order chi connectivity index (χ1) is 17.0. The van der Waals surface area contributed by atoms with Crippen molar-refractivity contribution in [2.24, 2.45) is 0 Å². The molecule has 0 saturated heterocycles. The molecule has 5 nitrogen and oxygen atoms in total. The number of hydrogen-bond donors (Lipinski definition) is 1. The first-order valence-electron chi connectivity index (χ1n) is 12.1. The summed E-state index contributed by atoms with van der Waals surface area (Å²) in [5.74, 6) is 0.0864. The number of ether oxygens (including phenoxy) is 1. The molecule has 0 spiro atoms. The van der Waals surface area contributed by atoms with Crippen LogP contribution in [0.3, 0.4) is 0 Å². The molecule has 3 aromatic rings. The number of rotatable bonds is 9. The third-order valence-electron chi connectivity index (χ3n) is 5.70. The molecule has 0 radical (unpaired) electrons. The van der Waals surface area contributed by atoms with Crippen LogP contribution < -0.4 is 10.1 Å². The number of aryl methyl sites for hydroxylation is 2. The molecule has 6 heteroatoms. The molecule has 3 rings (SSSR count). The molecular formula is C30H35ClN2O3. The average molecular weight is 507 g/mol. The van der Waals surface area contributed by atoms with Crippen molar-refractivity contribution in [1.82, 2.24) is 10.2 Å². The Labute approximate surface area is 219 Å². The average Bonchev–Trinajstić information content (AvgIpc) is 2.81. The van der Waals surface area contributed by atoms with E-state index in [1.165, 1.54) is 0 Å². The molecule has 0 saturated carbocycles. The predicted molar refractivity (Wildman–Crippen MR) is 145 cm³/mol. The van der Waals surface area contributed by atoms with Gasteiger partial charge in [-0.05, 0) is 69.5 Å². The molecule has 0 bridgehead atoms. The summed E-state index contributed by atoms with van der Waals surface area (Å²) in [6.45, 7) is 9.79. The van der Waals surface area contributed by atoms with E-state index in [9.17, 15) is 9.59 Å². The van der Waals surface area contributed by atoms with Gasteiger partial charge in [-0.1, -0.05) is 71.8 Å². The number of carbonyl (C=O) groups excluding carboxylic acids is 2. The van der Waals surface area contributed by atoms with Crippen LogP contribution in [0.25, 0.3) is 0 Å². The van der Waals surface area contributed by atoms with E-state index in [1.54, 1.807) is 23.1 Å². The maximum absolute atomic E-state index is 13.7. The second kappa shape index (κ2) is 12.1. The zero-order valence-electron chi connectivity index (χ0n) is 21.7. The normalized spacial score (nSPS) is 12.1. The van der Waals surface area contributed by atoms with E-state index in [0.717, 1.165) is 22.3 Å². The molecule has 2 amide bonds. The van der Waals surface area contributed by atoms with Crippen LogP contribution in [0.15, 0.2) is 72.8 Å². The zero-order chi connectivity index (χ0) is 26.3. The van der Waals surface area contributed by atoms with Crippen molar-refractivity contribution in [1.29, 1.82) is 0 Å². The molecule has 0 fully saturated rings. The second-order valence-electron chi connectivity index (χ2n) is 10.2. The van der Waals surface area contributed by atoms with E-state index < -0.39 is 11.6 Å². The topological polar surface area (TPSA) is 58.6 Å². The molecule has 0 aromatic heterocycles. The van der Waals surface area contributed by atoms with Crippen LogP contribution in [0.4, 0.5) is 0 Å². The van der Waals surface area contributed by atoms with Gasteiger partial charge >= 0.3 is 0 Å². The summed E-state index contributed by atoms with van der Waals surface area (Å²) in [7, 11) is 0. The summed E-state index contributed by atoms with van der Waals surface area (Å²) in [5.41, 5.74) is 3.44. The maximum atomic E-state index is 13.7. The first-order valence-corrected chi connectivity index (χ1v) is 12.5. The van der Waals surface area contributed by atoms with Crippen molar-refractivity contribution in [2.45, 2.75) is 59.2 Å². The van der Waals surface area contributed by atoms with Crippen LogP contribution in [-0.2, 0) is 22.6 Å². The standard InChI is InChI=1S/C30H35ClN2O3/c1-21-10-9-13-24(16-21)19-33(28(34)20-36-25-14-15-26(31)22(2)17-25)27(29(35)32-30(3,4)5)18-23-11-7-6-8-12-23/h6-17,27H,18-20H2,1-5H3,(H,32,35)/t27-/m0/s1. The molecule has 36 heavy (non-hydrogen) atoms. The van der Waals surface area contributed by atoms with Gasteiger partial charge in [-0.15, -0.1) is 0 Å². The Morgan fingerprint density at radius 3 is 2.28 bits per heavy atom. The highest BCUT2D eigenvalue weighted by Gasteiger charge is 2.32. The Kier molecular flexibility index (Phi) is 9.16. The highest BCUT2D eigenvalue weighted by Crippen LogP contribution is 2.22. The number of carbonyl (C=O) groups is 2. The van der Waals surface area contributed by atoms with Gasteiger partial charge in [0.05, 0.1) is 0 Å². The van der Waals surface area contributed by atoms with E-state index in [1.807, 2.05) is 89.2 Å². The monoisotopic (exact) mass is 506 g/mol. The van der Waals surface area contributed by atoms with E-state index >= 15 is 0 Å². The summed E-state index contributed by atoms with van der Waals surface area (Å²) in [6.07, 6.45) is 0.389. The first kappa shape index (κ1) is 27.3. The number of nitrogens with zero attached hydrogens (tertiary/aromatic N) is 1. The fourth-order valence-electron chi connectivity index (χ4n) is 3.95. The number of hydrogen-bond acceptors (Lipinski definition) is 3. The summed E-state index contributed by atoms with van der Waals surface area (Å²) < 4.78 is 5.85. The second-order valence-corrected chi connectivity index (χ2v) is 10.6. The van der Waals surface area contributed by atoms with Crippen molar-refractivity contribution < 1.29 is 14.3 Å². The van der Waals surface area contributed by atoms with Crippen molar-refractivity contribution >= 4 is 23.4 Å². The lowest BCUT2D eigenvalue weighted by Gasteiger charge is -2.33. The lowest BCUT2D eigenvalue weighted by molar-refractivity contribution is -0.143. The van der Waals surface area contributed by atoms with E-state index in [-0.39, 0.29) is 18.4 Å². The van der Waals surface area contributed by atoms with Gasteiger partial charge < -0.3 is 15.0 Å². The van der Waals surface area contributed by atoms with Gasteiger partial charge in [0.25, 0.3) is 5.91 Å². The Balaban J connectivity index is 1.93. The Hall–Kier alpha value is -3.31. The molecule has 1 N–H and O–H groups in total. The molecule has 0 heterocycles. The summed E-state index contributed by atoms with van der Waals surface area (Å²) >= 11 is 6.13. The molecule has 0 unspecified atom stereocenters. The van der Waals surface area contributed by atoms with Crippen molar-refractivity contribution in [3.8, 4) is 5.75 Å². The van der Waals surface area contributed by atoms with Crippen LogP contribution in [-0.4, -0.2) is 34.9 Å². The fraction of sp³-hybridized carbons (Fsp3) is 0.333. The highest BCUT2D eigenvalue weighted by atomic mass is 35.5. The van der Waals surface area contributed by atoms with Crippen LogP contribution >= 0.6 is 11.6 Å². The van der Waals surface area contributed by atoms with Gasteiger partial charge in [0.15, 0.2) is 6.61 Å². The van der Waals surface area contributed by atoms with Gasteiger partial charge in [0.1, 0.15) is 11.8 Å². The molecule has 0 aliphatic heterocycles. The Morgan fingerprint density at radius 1 is 0.944 bits per heavy atom. The van der Waals surface area contributed by atoms with Gasteiger partial charge in [0.2, 0.25) is 5.91 Å². The maximum Gasteiger partial charge on any atom is 0.261 e. The van der Waals surface area contributed by atoms with Gasteiger partial charge in [-0.2, -0.15) is 0 Å². The minimum absolute atomic E-state index is 0.193. The van der Waals surface area contributed by atoms with Crippen LogP contribution in [0.5, 0.6) is 5.75 Å². The van der Waals surface area contributed by atoms with Crippen molar-refractivity contribution in [3.05, 3.63) is 100 Å². The molecule has 190 valence electrons. The molecule has 1 atom stereocenters. The summed E-state index contributed by atoms with van der Waals surface area (Å²) in [4.78, 5) is 28.8. The molecule has 0 aliphatic carbocycles.